The molecule has 0 aliphatic rings. The van der Waals surface area contributed by atoms with Crippen LogP contribution >= 0.6 is 0 Å². The molecular formula is C13H14BNO3. The van der Waals surface area contributed by atoms with Crippen LogP contribution in [-0.2, 0) is 6.42 Å². The largest absolute Gasteiger partial charge is 0.493 e. The van der Waals surface area contributed by atoms with Crippen LogP contribution in [0.2, 0.25) is 0 Å². The lowest BCUT2D eigenvalue weighted by Gasteiger charge is -2.07. The molecule has 92 valence electrons. The van der Waals surface area contributed by atoms with E-state index in [9.17, 15) is 0 Å². The molecular weight excluding hydrogens is 229 g/mol. The summed E-state index contributed by atoms with van der Waals surface area (Å²) >= 11 is 0. The van der Waals surface area contributed by atoms with Crippen LogP contribution < -0.4 is 10.2 Å². The van der Waals surface area contributed by atoms with E-state index in [0.29, 0.717) is 17.8 Å². The SMILES string of the molecule is OB(O)c1cccc(OCCc2cccnc2)c1. The van der Waals surface area contributed by atoms with E-state index in [0.717, 1.165) is 12.0 Å². The standard InChI is InChI=1S/C13H14BNO3/c16-14(17)12-4-1-5-13(9-12)18-8-6-11-3-2-7-15-10-11/h1-5,7,9-10,16-17H,6,8H2. The van der Waals surface area contributed by atoms with Crippen molar-refractivity contribution in [2.24, 2.45) is 0 Å². The number of rotatable bonds is 5. The van der Waals surface area contributed by atoms with Crippen LogP contribution in [0.25, 0.3) is 0 Å². The summed E-state index contributed by atoms with van der Waals surface area (Å²) < 4.78 is 5.55. The Morgan fingerprint density at radius 3 is 2.78 bits per heavy atom. The lowest BCUT2D eigenvalue weighted by Crippen LogP contribution is -2.29. The van der Waals surface area contributed by atoms with Crippen molar-refractivity contribution in [2.45, 2.75) is 6.42 Å². The fourth-order valence-corrected chi connectivity index (χ4v) is 1.60. The molecule has 2 N–H and O–H groups in total. The molecule has 1 aromatic heterocycles. The molecule has 0 radical (unpaired) electrons. The van der Waals surface area contributed by atoms with E-state index in [2.05, 4.69) is 4.98 Å². The topological polar surface area (TPSA) is 62.6 Å². The molecule has 4 nitrogen and oxygen atoms in total. The first-order valence-electron chi connectivity index (χ1n) is 5.73. The molecule has 0 unspecified atom stereocenters. The van der Waals surface area contributed by atoms with Crippen molar-refractivity contribution < 1.29 is 14.8 Å². The van der Waals surface area contributed by atoms with Gasteiger partial charge in [-0.25, -0.2) is 0 Å². The number of pyridine rings is 1. The lowest BCUT2D eigenvalue weighted by molar-refractivity contribution is 0.322. The monoisotopic (exact) mass is 243 g/mol. The van der Waals surface area contributed by atoms with E-state index in [1.54, 1.807) is 36.7 Å². The molecule has 5 heteroatoms. The van der Waals surface area contributed by atoms with E-state index in [4.69, 9.17) is 14.8 Å². The Morgan fingerprint density at radius 2 is 2.06 bits per heavy atom. The van der Waals surface area contributed by atoms with Crippen LogP contribution in [0.1, 0.15) is 5.56 Å². The zero-order chi connectivity index (χ0) is 12.8. The highest BCUT2D eigenvalue weighted by Crippen LogP contribution is 2.08. The first kappa shape index (κ1) is 12.6. The minimum absolute atomic E-state index is 0.425. The molecule has 1 aromatic carbocycles. The van der Waals surface area contributed by atoms with E-state index < -0.39 is 7.12 Å². The average molecular weight is 243 g/mol. The molecule has 0 spiro atoms. The molecule has 2 aromatic rings. The van der Waals surface area contributed by atoms with Crippen LogP contribution in [-0.4, -0.2) is 28.8 Å². The van der Waals surface area contributed by atoms with Crippen molar-refractivity contribution in [1.82, 2.24) is 4.98 Å². The van der Waals surface area contributed by atoms with Crippen molar-refractivity contribution in [2.75, 3.05) is 6.61 Å². The first-order chi connectivity index (χ1) is 8.75. The number of benzene rings is 1. The van der Waals surface area contributed by atoms with Crippen LogP contribution in [0.4, 0.5) is 0 Å². The molecule has 1 heterocycles. The second-order valence-electron chi connectivity index (χ2n) is 3.91. The molecule has 0 saturated heterocycles. The predicted molar refractivity (Wildman–Crippen MR) is 69.7 cm³/mol. The van der Waals surface area contributed by atoms with Crippen LogP contribution in [0.3, 0.4) is 0 Å². The summed E-state index contributed by atoms with van der Waals surface area (Å²) in [7, 11) is -1.47. The molecule has 2 rings (SSSR count). The molecule has 0 aliphatic heterocycles. The Hall–Kier alpha value is -1.85. The number of nitrogens with zero attached hydrogens (tertiary/aromatic N) is 1. The first-order valence-corrected chi connectivity index (χ1v) is 5.73. The van der Waals surface area contributed by atoms with Crippen molar-refractivity contribution in [3.63, 3.8) is 0 Å². The molecule has 0 atom stereocenters. The summed E-state index contributed by atoms with van der Waals surface area (Å²) in [6, 6.07) is 10.7. The summed E-state index contributed by atoms with van der Waals surface area (Å²) in [6.45, 7) is 0.524. The van der Waals surface area contributed by atoms with E-state index in [1.807, 2.05) is 12.1 Å². The van der Waals surface area contributed by atoms with Crippen LogP contribution in [0.15, 0.2) is 48.8 Å². The third-order valence-corrected chi connectivity index (χ3v) is 2.54. The van der Waals surface area contributed by atoms with Gasteiger partial charge in [0.2, 0.25) is 0 Å². The minimum Gasteiger partial charge on any atom is -0.493 e. The van der Waals surface area contributed by atoms with Crippen molar-refractivity contribution in [3.05, 3.63) is 54.4 Å². The van der Waals surface area contributed by atoms with Gasteiger partial charge in [0.25, 0.3) is 0 Å². The minimum atomic E-state index is -1.47. The van der Waals surface area contributed by atoms with Crippen molar-refractivity contribution >= 4 is 12.6 Å². The summed E-state index contributed by atoms with van der Waals surface area (Å²) in [5.74, 6) is 0.629. The predicted octanol–water partition coefficient (Wildman–Crippen LogP) is 0.383. The molecule has 0 saturated carbocycles. The molecule has 0 bridgehead atoms. The van der Waals surface area contributed by atoms with Gasteiger partial charge in [0.15, 0.2) is 0 Å². The van der Waals surface area contributed by atoms with E-state index >= 15 is 0 Å². The third-order valence-electron chi connectivity index (χ3n) is 2.54. The van der Waals surface area contributed by atoms with Gasteiger partial charge in [-0.3, -0.25) is 4.98 Å². The highest BCUT2D eigenvalue weighted by atomic mass is 16.5. The fraction of sp³-hybridized carbons (Fsp3) is 0.154. The summed E-state index contributed by atoms with van der Waals surface area (Å²) in [5, 5.41) is 18.1. The number of ether oxygens (including phenoxy) is 1. The third kappa shape index (κ3) is 3.58. The normalized spacial score (nSPS) is 10.1. The number of aromatic nitrogens is 1. The van der Waals surface area contributed by atoms with E-state index in [-0.39, 0.29) is 0 Å². The van der Waals surface area contributed by atoms with Gasteiger partial charge in [0.05, 0.1) is 6.61 Å². The molecule has 0 aliphatic carbocycles. The Labute approximate surface area is 106 Å². The Morgan fingerprint density at radius 1 is 1.17 bits per heavy atom. The zero-order valence-corrected chi connectivity index (χ0v) is 9.86. The molecule has 0 amide bonds. The lowest BCUT2D eigenvalue weighted by atomic mass is 9.80. The Balaban J connectivity index is 1.89. The fourth-order valence-electron chi connectivity index (χ4n) is 1.60. The number of hydrogen-bond donors (Lipinski definition) is 2. The summed E-state index contributed by atoms with van der Waals surface area (Å²) in [6.07, 6.45) is 4.30. The quantitative estimate of drug-likeness (QED) is 0.745. The van der Waals surface area contributed by atoms with Crippen LogP contribution in [0, 0.1) is 0 Å². The molecule has 0 fully saturated rings. The highest BCUT2D eigenvalue weighted by Gasteiger charge is 2.10. The van der Waals surface area contributed by atoms with Crippen molar-refractivity contribution in [1.29, 1.82) is 0 Å². The zero-order valence-electron chi connectivity index (χ0n) is 9.86. The smallest absolute Gasteiger partial charge is 0.488 e. The average Bonchev–Trinajstić information content (AvgIpc) is 2.40. The highest BCUT2D eigenvalue weighted by molar-refractivity contribution is 6.58. The van der Waals surface area contributed by atoms with Gasteiger partial charge in [-0.1, -0.05) is 18.2 Å². The summed E-state index contributed by atoms with van der Waals surface area (Å²) in [5.41, 5.74) is 1.53. The van der Waals surface area contributed by atoms with Gasteiger partial charge in [-0.2, -0.15) is 0 Å². The maximum Gasteiger partial charge on any atom is 0.488 e. The van der Waals surface area contributed by atoms with Gasteiger partial charge in [0, 0.05) is 18.8 Å². The maximum atomic E-state index is 9.04. The second-order valence-corrected chi connectivity index (χ2v) is 3.91. The maximum absolute atomic E-state index is 9.04. The van der Waals surface area contributed by atoms with Crippen LogP contribution in [0.5, 0.6) is 5.75 Å². The second kappa shape index (κ2) is 6.19. The van der Waals surface area contributed by atoms with E-state index in [1.165, 1.54) is 0 Å². The van der Waals surface area contributed by atoms with Gasteiger partial charge in [-0.05, 0) is 29.2 Å². The van der Waals surface area contributed by atoms with Gasteiger partial charge in [0.1, 0.15) is 5.75 Å². The Kier molecular flexibility index (Phi) is 4.33. The molecule has 18 heavy (non-hydrogen) atoms. The van der Waals surface area contributed by atoms with Crippen molar-refractivity contribution in [3.8, 4) is 5.75 Å². The number of hydrogen-bond acceptors (Lipinski definition) is 4. The van der Waals surface area contributed by atoms with Gasteiger partial charge < -0.3 is 14.8 Å². The summed E-state index contributed by atoms with van der Waals surface area (Å²) in [4.78, 5) is 4.03. The van der Waals surface area contributed by atoms with Gasteiger partial charge >= 0.3 is 7.12 Å². The Bertz CT molecular complexity index is 491. The van der Waals surface area contributed by atoms with Gasteiger partial charge in [-0.15, -0.1) is 0 Å².